The van der Waals surface area contributed by atoms with Crippen molar-refractivity contribution in [2.24, 2.45) is 0 Å². The molecule has 1 heterocycles. The average Bonchev–Trinajstić information content (AvgIpc) is 3.06. The Bertz CT molecular complexity index is 1000. The summed E-state index contributed by atoms with van der Waals surface area (Å²) in [7, 11) is 0. The van der Waals surface area contributed by atoms with Gasteiger partial charge in [-0.15, -0.1) is 0 Å². The smallest absolute Gasteiger partial charge is 0.418 e. The summed E-state index contributed by atoms with van der Waals surface area (Å²) in [5.74, 6) is -0.244. The Morgan fingerprint density at radius 1 is 1.04 bits per heavy atom. The van der Waals surface area contributed by atoms with E-state index in [1.54, 1.807) is 42.5 Å². The molecule has 0 unspecified atom stereocenters. The summed E-state index contributed by atoms with van der Waals surface area (Å²) in [6.45, 7) is 6.00. The lowest BCUT2D eigenvalue weighted by Gasteiger charge is -2.14. The number of amides is 1. The van der Waals surface area contributed by atoms with Crippen molar-refractivity contribution in [1.82, 2.24) is 9.78 Å². The quantitative estimate of drug-likeness (QED) is 0.697. The number of hydrogen-bond acceptors (Lipinski definition) is 4. The van der Waals surface area contributed by atoms with Gasteiger partial charge in [-0.3, -0.25) is 5.32 Å². The number of rotatable bonds is 4. The third kappa shape index (κ3) is 4.37. The van der Waals surface area contributed by atoms with Crippen molar-refractivity contribution in [3.05, 3.63) is 71.9 Å². The fraction of sp³-hybridized carbons (Fsp3) is 0.190. The Morgan fingerprint density at radius 2 is 1.75 bits per heavy atom. The first kappa shape index (κ1) is 19.2. The first-order chi connectivity index (χ1) is 13.2. The molecule has 3 rings (SSSR count). The van der Waals surface area contributed by atoms with Gasteiger partial charge in [0.05, 0.1) is 16.9 Å². The molecule has 0 aliphatic carbocycles. The van der Waals surface area contributed by atoms with Crippen LogP contribution in [0.2, 0.25) is 0 Å². The van der Waals surface area contributed by atoms with E-state index in [0.29, 0.717) is 17.3 Å². The number of para-hydroxylation sites is 1. The van der Waals surface area contributed by atoms with Crippen LogP contribution in [-0.4, -0.2) is 26.9 Å². The van der Waals surface area contributed by atoms with Crippen LogP contribution in [0.5, 0.6) is 5.75 Å². The molecule has 0 aliphatic rings. The maximum atomic E-state index is 12.3. The first-order valence-electron chi connectivity index (χ1n) is 8.72. The number of carbonyl (C=O) groups is 2. The molecule has 1 amide bonds. The van der Waals surface area contributed by atoms with Gasteiger partial charge in [0.2, 0.25) is 0 Å². The molecule has 0 atom stereocenters. The zero-order valence-corrected chi connectivity index (χ0v) is 15.8. The van der Waals surface area contributed by atoms with Crippen LogP contribution in [-0.2, 0) is 5.41 Å². The molecule has 2 aromatic carbocycles. The summed E-state index contributed by atoms with van der Waals surface area (Å²) >= 11 is 0. The second-order valence-corrected chi connectivity index (χ2v) is 7.26. The highest BCUT2D eigenvalue weighted by atomic mass is 16.6. The van der Waals surface area contributed by atoms with Crippen LogP contribution < -0.4 is 10.1 Å². The number of carboxylic acid groups (broad SMARTS) is 1. The first-order valence-corrected chi connectivity index (χ1v) is 8.72. The van der Waals surface area contributed by atoms with Gasteiger partial charge < -0.3 is 9.84 Å². The lowest BCUT2D eigenvalue weighted by molar-refractivity contribution is 0.0696. The van der Waals surface area contributed by atoms with Gasteiger partial charge in [-0.05, 0) is 30.3 Å². The normalized spacial score (nSPS) is 11.1. The average molecular weight is 379 g/mol. The molecule has 2 N–H and O–H groups in total. The van der Waals surface area contributed by atoms with E-state index < -0.39 is 12.1 Å². The Labute approximate surface area is 162 Å². The minimum Gasteiger partial charge on any atom is -0.478 e. The Kier molecular flexibility index (Phi) is 5.17. The fourth-order valence-corrected chi connectivity index (χ4v) is 2.53. The number of anilines is 1. The van der Waals surface area contributed by atoms with E-state index in [0.717, 1.165) is 5.69 Å². The highest BCUT2D eigenvalue weighted by molar-refractivity contribution is 5.89. The Morgan fingerprint density at radius 3 is 2.39 bits per heavy atom. The zero-order valence-electron chi connectivity index (χ0n) is 15.8. The summed E-state index contributed by atoms with van der Waals surface area (Å²) in [5, 5.41) is 16.5. The predicted octanol–water partition coefficient (Wildman–Crippen LogP) is 4.48. The molecule has 0 fully saturated rings. The maximum Gasteiger partial charge on any atom is 0.418 e. The molecule has 0 bridgehead atoms. The third-order valence-electron chi connectivity index (χ3n) is 4.00. The van der Waals surface area contributed by atoms with Gasteiger partial charge in [0.25, 0.3) is 0 Å². The second-order valence-electron chi connectivity index (χ2n) is 7.26. The molecule has 0 aliphatic heterocycles. The molecule has 1 aromatic heterocycles. The van der Waals surface area contributed by atoms with Crippen molar-refractivity contribution in [2.45, 2.75) is 26.2 Å². The molecular formula is C21H21N3O4. The van der Waals surface area contributed by atoms with E-state index in [1.165, 1.54) is 16.8 Å². The van der Waals surface area contributed by atoms with Gasteiger partial charge in [-0.1, -0.05) is 45.0 Å². The molecule has 28 heavy (non-hydrogen) atoms. The van der Waals surface area contributed by atoms with Crippen molar-refractivity contribution in [3.8, 4) is 11.4 Å². The minimum absolute atomic E-state index is 0.128. The lowest BCUT2D eigenvalue weighted by atomic mass is 9.92. The van der Waals surface area contributed by atoms with E-state index in [9.17, 15) is 14.7 Å². The predicted molar refractivity (Wildman–Crippen MR) is 105 cm³/mol. The number of aromatic carboxylic acids is 1. The Balaban J connectivity index is 1.95. The van der Waals surface area contributed by atoms with Crippen molar-refractivity contribution in [3.63, 3.8) is 0 Å². The van der Waals surface area contributed by atoms with Crippen LogP contribution >= 0.6 is 0 Å². The second kappa shape index (κ2) is 7.56. The molecule has 7 heteroatoms. The number of carboxylic acids is 1. The van der Waals surface area contributed by atoms with Gasteiger partial charge in [-0.2, -0.15) is 5.10 Å². The van der Waals surface area contributed by atoms with Crippen LogP contribution in [0.1, 0.15) is 36.8 Å². The minimum atomic E-state index is -1.04. The highest BCUT2D eigenvalue weighted by Gasteiger charge is 2.22. The molecular weight excluding hydrogens is 358 g/mol. The van der Waals surface area contributed by atoms with E-state index >= 15 is 0 Å². The number of benzene rings is 2. The third-order valence-corrected chi connectivity index (χ3v) is 4.00. The van der Waals surface area contributed by atoms with Crippen LogP contribution in [0.3, 0.4) is 0 Å². The number of nitrogens with one attached hydrogen (secondary N) is 1. The molecule has 144 valence electrons. The van der Waals surface area contributed by atoms with Gasteiger partial charge in [-0.25, -0.2) is 14.3 Å². The van der Waals surface area contributed by atoms with Crippen LogP contribution in [0.25, 0.3) is 5.69 Å². The molecule has 0 radical (unpaired) electrons. The summed E-state index contributed by atoms with van der Waals surface area (Å²) in [6, 6.07) is 16.8. The van der Waals surface area contributed by atoms with E-state index in [4.69, 9.17) is 4.74 Å². The van der Waals surface area contributed by atoms with E-state index in [-0.39, 0.29) is 11.0 Å². The maximum absolute atomic E-state index is 12.3. The molecule has 0 spiro atoms. The number of ether oxygens (including phenoxy) is 1. The zero-order chi connectivity index (χ0) is 20.3. The van der Waals surface area contributed by atoms with Gasteiger partial charge >= 0.3 is 12.1 Å². The lowest BCUT2D eigenvalue weighted by Crippen LogP contribution is -2.19. The topological polar surface area (TPSA) is 93.5 Å². The fourth-order valence-electron chi connectivity index (χ4n) is 2.53. The Hall–Kier alpha value is -3.61. The van der Waals surface area contributed by atoms with E-state index in [2.05, 4.69) is 10.4 Å². The standard InChI is InChI=1S/C21H21N3O4/c1-21(2,3)17-13-18(22-20(27)28-16-10-5-4-6-11-16)24(23-17)15-9-7-8-14(12-15)19(25)26/h4-13H,1-3H3,(H,22,27)(H,25,26). The van der Waals surface area contributed by atoms with Gasteiger partial charge in [0.15, 0.2) is 0 Å². The number of nitrogens with zero attached hydrogens (tertiary/aromatic N) is 2. The molecule has 0 saturated carbocycles. The molecule has 0 saturated heterocycles. The van der Waals surface area contributed by atoms with Gasteiger partial charge in [0, 0.05) is 11.5 Å². The summed E-state index contributed by atoms with van der Waals surface area (Å²) in [6.07, 6.45) is -0.665. The number of hydrogen-bond donors (Lipinski definition) is 2. The summed E-state index contributed by atoms with van der Waals surface area (Å²) in [4.78, 5) is 23.6. The van der Waals surface area contributed by atoms with Crippen LogP contribution in [0.15, 0.2) is 60.7 Å². The van der Waals surface area contributed by atoms with Crippen molar-refractivity contribution in [1.29, 1.82) is 0 Å². The van der Waals surface area contributed by atoms with Crippen molar-refractivity contribution < 1.29 is 19.4 Å². The SMILES string of the molecule is CC(C)(C)c1cc(NC(=O)Oc2ccccc2)n(-c2cccc(C(=O)O)c2)n1. The molecule has 3 aromatic rings. The summed E-state index contributed by atoms with van der Waals surface area (Å²) < 4.78 is 6.78. The number of carbonyl (C=O) groups excluding carboxylic acids is 1. The number of aromatic nitrogens is 2. The highest BCUT2D eigenvalue weighted by Crippen LogP contribution is 2.27. The van der Waals surface area contributed by atoms with Crippen molar-refractivity contribution in [2.75, 3.05) is 5.32 Å². The molecule has 7 nitrogen and oxygen atoms in total. The largest absolute Gasteiger partial charge is 0.478 e. The van der Waals surface area contributed by atoms with E-state index in [1.807, 2.05) is 26.8 Å². The van der Waals surface area contributed by atoms with Crippen molar-refractivity contribution >= 4 is 17.9 Å². The summed E-state index contributed by atoms with van der Waals surface area (Å²) in [5.41, 5.74) is 1.12. The van der Waals surface area contributed by atoms with Crippen LogP contribution in [0.4, 0.5) is 10.6 Å². The monoisotopic (exact) mass is 379 g/mol. The van der Waals surface area contributed by atoms with Gasteiger partial charge in [0.1, 0.15) is 11.6 Å². The van der Waals surface area contributed by atoms with Crippen LogP contribution in [0, 0.1) is 0 Å².